The summed E-state index contributed by atoms with van der Waals surface area (Å²) in [6.07, 6.45) is 1.17. The van der Waals surface area contributed by atoms with Gasteiger partial charge in [0, 0.05) is 10.9 Å². The summed E-state index contributed by atoms with van der Waals surface area (Å²) in [5.74, 6) is 0.623. The van der Waals surface area contributed by atoms with Crippen molar-refractivity contribution < 1.29 is 18.7 Å². The molecule has 0 saturated heterocycles. The largest absolute Gasteiger partial charge is 0.493 e. The third-order valence-electron chi connectivity index (χ3n) is 4.33. The van der Waals surface area contributed by atoms with Crippen molar-refractivity contribution in [2.45, 2.75) is 0 Å². The molecule has 7 nitrogen and oxygen atoms in total. The summed E-state index contributed by atoms with van der Waals surface area (Å²) in [4.78, 5) is 29.5. The van der Waals surface area contributed by atoms with E-state index in [1.807, 2.05) is 6.07 Å². The number of fused-ring (bicyclic) bond motifs is 1. The molecule has 2 aromatic carbocycles. The Morgan fingerprint density at radius 3 is 2.69 bits per heavy atom. The fourth-order valence-corrected chi connectivity index (χ4v) is 3.57. The molecular weight excluding hydrogens is 392 g/mol. The number of anilines is 1. The first-order chi connectivity index (χ1) is 14.1. The number of carbonyl (C=O) groups is 1. The van der Waals surface area contributed by atoms with Gasteiger partial charge in [0.2, 0.25) is 5.43 Å². The number of nitrogens with zero attached hydrogens (tertiary/aromatic N) is 1. The van der Waals surface area contributed by atoms with Crippen LogP contribution in [0.1, 0.15) is 10.4 Å². The molecule has 0 radical (unpaired) electrons. The molecule has 2 aromatic heterocycles. The molecule has 2 heterocycles. The van der Waals surface area contributed by atoms with Gasteiger partial charge in [-0.2, -0.15) is 0 Å². The monoisotopic (exact) mass is 408 g/mol. The summed E-state index contributed by atoms with van der Waals surface area (Å²) >= 11 is 1.25. The molecule has 0 saturated carbocycles. The van der Waals surface area contributed by atoms with E-state index in [0.29, 0.717) is 33.3 Å². The lowest BCUT2D eigenvalue weighted by Gasteiger charge is -2.08. The normalized spacial score (nSPS) is 10.7. The number of benzene rings is 2. The second-order valence-corrected chi connectivity index (χ2v) is 6.89. The number of carbonyl (C=O) groups excluding carboxylic acids is 1. The lowest BCUT2D eigenvalue weighted by Crippen LogP contribution is -2.21. The zero-order chi connectivity index (χ0) is 20.4. The van der Waals surface area contributed by atoms with E-state index in [4.69, 9.17) is 13.9 Å². The Kier molecular flexibility index (Phi) is 5.01. The number of ether oxygens (including phenoxy) is 2. The molecule has 0 spiro atoms. The van der Waals surface area contributed by atoms with Gasteiger partial charge in [0.05, 0.1) is 25.3 Å². The van der Waals surface area contributed by atoms with Crippen molar-refractivity contribution in [1.82, 2.24) is 4.98 Å². The van der Waals surface area contributed by atoms with Gasteiger partial charge in [-0.15, -0.1) is 11.3 Å². The van der Waals surface area contributed by atoms with Gasteiger partial charge in [0.15, 0.2) is 16.6 Å². The van der Waals surface area contributed by atoms with Gasteiger partial charge >= 0.3 is 0 Å². The molecule has 0 unspecified atom stereocenters. The van der Waals surface area contributed by atoms with Crippen LogP contribution in [-0.2, 0) is 0 Å². The summed E-state index contributed by atoms with van der Waals surface area (Å²) in [6, 6.07) is 12.2. The minimum Gasteiger partial charge on any atom is -0.493 e. The Morgan fingerprint density at radius 1 is 1.10 bits per heavy atom. The predicted molar refractivity (Wildman–Crippen MR) is 111 cm³/mol. The summed E-state index contributed by atoms with van der Waals surface area (Å²) in [5.41, 5.74) is 1.44. The van der Waals surface area contributed by atoms with Gasteiger partial charge in [-0.05, 0) is 30.3 Å². The van der Waals surface area contributed by atoms with Crippen LogP contribution in [0.3, 0.4) is 0 Å². The molecule has 0 aliphatic heterocycles. The van der Waals surface area contributed by atoms with Crippen molar-refractivity contribution in [3.63, 3.8) is 0 Å². The van der Waals surface area contributed by atoms with E-state index in [-0.39, 0.29) is 11.0 Å². The maximum absolute atomic E-state index is 12.6. The van der Waals surface area contributed by atoms with Crippen LogP contribution in [0.2, 0.25) is 0 Å². The van der Waals surface area contributed by atoms with E-state index >= 15 is 0 Å². The zero-order valence-corrected chi connectivity index (χ0v) is 16.4. The second-order valence-electron chi connectivity index (χ2n) is 6.04. The Bertz CT molecular complexity index is 1260. The van der Waals surface area contributed by atoms with Crippen LogP contribution in [0.25, 0.3) is 22.2 Å². The molecular formula is C21H16N2O5S. The van der Waals surface area contributed by atoms with Crippen LogP contribution in [0.5, 0.6) is 11.5 Å². The number of para-hydroxylation sites is 1. The average molecular weight is 408 g/mol. The third kappa shape index (κ3) is 3.57. The number of hydrogen-bond acceptors (Lipinski definition) is 7. The number of nitrogens with one attached hydrogen (secondary N) is 1. The van der Waals surface area contributed by atoms with Crippen molar-refractivity contribution in [1.29, 1.82) is 0 Å². The lowest BCUT2D eigenvalue weighted by atomic mass is 10.1. The number of thiazole rings is 1. The SMILES string of the molecule is COc1ccc(-c2csc(NC(=O)c3coc4ccccc4c3=O)n2)cc1OC. The molecule has 4 aromatic rings. The predicted octanol–water partition coefficient (Wildman–Crippen LogP) is 4.19. The van der Waals surface area contributed by atoms with Crippen LogP contribution in [0, 0.1) is 0 Å². The van der Waals surface area contributed by atoms with Gasteiger partial charge in [-0.3, -0.25) is 14.9 Å². The van der Waals surface area contributed by atoms with Crippen LogP contribution < -0.4 is 20.2 Å². The molecule has 8 heteroatoms. The Hall–Kier alpha value is -3.65. The van der Waals surface area contributed by atoms with Gasteiger partial charge in [-0.25, -0.2) is 4.98 Å². The number of rotatable bonds is 5. The molecule has 1 amide bonds. The Morgan fingerprint density at radius 2 is 1.90 bits per heavy atom. The van der Waals surface area contributed by atoms with Crippen LogP contribution >= 0.6 is 11.3 Å². The fourth-order valence-electron chi connectivity index (χ4n) is 2.86. The third-order valence-corrected chi connectivity index (χ3v) is 5.09. The first-order valence-electron chi connectivity index (χ1n) is 8.60. The highest BCUT2D eigenvalue weighted by Gasteiger charge is 2.16. The second kappa shape index (κ2) is 7.76. The van der Waals surface area contributed by atoms with Crippen molar-refractivity contribution >= 4 is 33.3 Å². The summed E-state index contributed by atoms with van der Waals surface area (Å²) < 4.78 is 15.9. The van der Waals surface area contributed by atoms with Gasteiger partial charge in [0.25, 0.3) is 5.91 Å². The minimum absolute atomic E-state index is 0.0773. The molecule has 146 valence electrons. The van der Waals surface area contributed by atoms with Gasteiger partial charge in [0.1, 0.15) is 17.4 Å². The number of amides is 1. The smallest absolute Gasteiger partial charge is 0.264 e. The topological polar surface area (TPSA) is 90.7 Å². The molecule has 0 bridgehead atoms. The maximum atomic E-state index is 12.6. The van der Waals surface area contributed by atoms with Crippen LogP contribution in [0.4, 0.5) is 5.13 Å². The van der Waals surface area contributed by atoms with Gasteiger partial charge in [-0.1, -0.05) is 12.1 Å². The first-order valence-corrected chi connectivity index (χ1v) is 9.48. The fraction of sp³-hybridized carbons (Fsp3) is 0.0952. The minimum atomic E-state index is -0.572. The molecule has 0 atom stereocenters. The van der Waals surface area contributed by atoms with E-state index in [0.717, 1.165) is 5.56 Å². The lowest BCUT2D eigenvalue weighted by molar-refractivity contribution is 0.102. The highest BCUT2D eigenvalue weighted by Crippen LogP contribution is 2.33. The Balaban J connectivity index is 1.59. The van der Waals surface area contributed by atoms with Crippen LogP contribution in [0.15, 0.2) is 63.3 Å². The summed E-state index contributed by atoms with van der Waals surface area (Å²) in [7, 11) is 3.13. The first kappa shape index (κ1) is 18.7. The molecule has 1 N–H and O–H groups in total. The summed E-state index contributed by atoms with van der Waals surface area (Å²) in [6.45, 7) is 0. The molecule has 29 heavy (non-hydrogen) atoms. The standard InChI is InChI=1S/C21H16N2O5S/c1-26-17-8-7-12(9-18(17)27-2)15-11-29-21(22-15)23-20(25)14-10-28-16-6-4-3-5-13(16)19(14)24/h3-11H,1-2H3,(H,22,23,25). The molecule has 0 aliphatic rings. The van der Waals surface area contributed by atoms with Crippen molar-refractivity contribution in [3.8, 4) is 22.8 Å². The van der Waals surface area contributed by atoms with Crippen molar-refractivity contribution in [2.24, 2.45) is 0 Å². The Labute approximate surface area is 169 Å². The highest BCUT2D eigenvalue weighted by atomic mass is 32.1. The maximum Gasteiger partial charge on any atom is 0.264 e. The van der Waals surface area contributed by atoms with E-state index in [1.54, 1.807) is 56.0 Å². The number of aromatic nitrogens is 1. The number of methoxy groups -OCH3 is 2. The zero-order valence-electron chi connectivity index (χ0n) is 15.6. The average Bonchev–Trinajstić information content (AvgIpc) is 3.22. The van der Waals surface area contributed by atoms with Crippen LogP contribution in [-0.4, -0.2) is 25.1 Å². The molecule has 0 aliphatic carbocycles. The van der Waals surface area contributed by atoms with E-state index in [2.05, 4.69) is 10.3 Å². The van der Waals surface area contributed by atoms with E-state index in [9.17, 15) is 9.59 Å². The number of hydrogen-bond donors (Lipinski definition) is 1. The van der Waals surface area contributed by atoms with Gasteiger partial charge < -0.3 is 13.9 Å². The molecule has 0 fully saturated rings. The van der Waals surface area contributed by atoms with E-state index in [1.165, 1.54) is 17.6 Å². The summed E-state index contributed by atoms with van der Waals surface area (Å²) in [5, 5.41) is 5.18. The van der Waals surface area contributed by atoms with E-state index < -0.39 is 5.91 Å². The quantitative estimate of drug-likeness (QED) is 0.533. The highest BCUT2D eigenvalue weighted by molar-refractivity contribution is 7.14. The van der Waals surface area contributed by atoms with Crippen molar-refractivity contribution in [2.75, 3.05) is 19.5 Å². The van der Waals surface area contributed by atoms with Crippen molar-refractivity contribution in [3.05, 3.63) is 69.9 Å². The molecule has 4 rings (SSSR count).